The second-order valence-electron chi connectivity index (χ2n) is 7.78. The van der Waals surface area contributed by atoms with Crippen LogP contribution in [0, 0.1) is 0 Å². The fraction of sp³-hybridized carbons (Fsp3) is 0.154. The lowest BCUT2D eigenvalue weighted by Gasteiger charge is -2.23. The van der Waals surface area contributed by atoms with Crippen LogP contribution in [-0.4, -0.2) is 14.3 Å². The molecule has 4 aromatic rings. The molecule has 174 valence electrons. The number of fused-ring (bicyclic) bond motifs is 1. The van der Waals surface area contributed by atoms with Crippen molar-refractivity contribution in [1.82, 2.24) is 0 Å². The van der Waals surface area contributed by atoms with E-state index in [-0.39, 0.29) is 16.1 Å². The Hall–Kier alpha value is -3.42. The highest BCUT2D eigenvalue weighted by Gasteiger charge is 2.33. The lowest BCUT2D eigenvalue weighted by molar-refractivity contribution is 0.100. The molecule has 0 aliphatic carbocycles. The number of hydrogen-bond acceptors (Lipinski definition) is 5. The molecule has 8 heteroatoms. The Morgan fingerprint density at radius 2 is 1.65 bits per heavy atom. The molecule has 0 N–H and O–H groups in total. The predicted molar refractivity (Wildman–Crippen MR) is 133 cm³/mol. The molecule has 4 rings (SSSR count). The summed E-state index contributed by atoms with van der Waals surface area (Å²) in [4.78, 5) is 26.1. The van der Waals surface area contributed by atoms with E-state index in [9.17, 15) is 18.0 Å². The zero-order valence-electron chi connectivity index (χ0n) is 18.4. The van der Waals surface area contributed by atoms with Crippen molar-refractivity contribution in [2.45, 2.75) is 31.1 Å². The predicted octanol–water partition coefficient (Wildman–Crippen LogP) is 5.82. The number of benzene rings is 3. The third kappa shape index (κ3) is 4.76. The summed E-state index contributed by atoms with van der Waals surface area (Å²) in [6.45, 7) is 2.09. The average molecular weight is 496 g/mol. The van der Waals surface area contributed by atoms with Gasteiger partial charge in [0, 0.05) is 10.4 Å². The van der Waals surface area contributed by atoms with E-state index in [1.807, 2.05) is 0 Å². The summed E-state index contributed by atoms with van der Waals surface area (Å²) >= 11 is 5.92. The maximum atomic E-state index is 13.6. The topological polar surface area (TPSA) is 84.7 Å². The largest absolute Gasteiger partial charge is 0.422 e. The van der Waals surface area contributed by atoms with Gasteiger partial charge in [0.25, 0.3) is 15.9 Å². The van der Waals surface area contributed by atoms with Crippen LogP contribution in [-0.2, 0) is 16.4 Å². The summed E-state index contributed by atoms with van der Waals surface area (Å²) in [5, 5.41) is 0.858. The van der Waals surface area contributed by atoms with E-state index in [4.69, 9.17) is 16.0 Å². The van der Waals surface area contributed by atoms with Gasteiger partial charge in [0.15, 0.2) is 0 Å². The van der Waals surface area contributed by atoms with Crippen molar-refractivity contribution in [2.75, 3.05) is 4.31 Å². The van der Waals surface area contributed by atoms with E-state index in [2.05, 4.69) is 6.92 Å². The summed E-state index contributed by atoms with van der Waals surface area (Å²) < 4.78 is 33.2. The number of sulfonamides is 1. The summed E-state index contributed by atoms with van der Waals surface area (Å²) in [5.74, 6) is -1.00. The molecule has 0 unspecified atom stereocenters. The van der Waals surface area contributed by atoms with Gasteiger partial charge < -0.3 is 4.42 Å². The second-order valence-corrected chi connectivity index (χ2v) is 10.0. The Kier molecular flexibility index (Phi) is 6.86. The van der Waals surface area contributed by atoms with Crippen LogP contribution in [0.3, 0.4) is 0 Å². The molecule has 0 aliphatic heterocycles. The second kappa shape index (κ2) is 9.83. The average Bonchev–Trinajstić information content (AvgIpc) is 2.83. The Morgan fingerprint density at radius 3 is 2.32 bits per heavy atom. The molecule has 1 aromatic heterocycles. The molecule has 0 radical (unpaired) electrons. The normalized spacial score (nSPS) is 11.5. The van der Waals surface area contributed by atoms with Crippen molar-refractivity contribution in [3.05, 3.63) is 105 Å². The van der Waals surface area contributed by atoms with Crippen LogP contribution < -0.4 is 9.93 Å². The molecule has 0 bridgehead atoms. The summed E-state index contributed by atoms with van der Waals surface area (Å²) in [7, 11) is -4.37. The van der Waals surface area contributed by atoms with Crippen LogP contribution in [0.1, 0.15) is 35.7 Å². The standard InChI is InChI=1S/C26H22ClNO5S/c1-2-3-6-18-9-13-21(14-10-18)28(34(31,32)22-15-11-20(27)12-16-22)25(29)23-17-19-7-4-5-8-24(19)33-26(23)30/h4-5,7-17H,2-3,6H2,1H3. The van der Waals surface area contributed by atoms with Gasteiger partial charge in [-0.25, -0.2) is 13.2 Å². The van der Waals surface area contributed by atoms with Crippen LogP contribution in [0.2, 0.25) is 5.02 Å². The molecule has 0 saturated carbocycles. The van der Waals surface area contributed by atoms with E-state index in [1.165, 1.54) is 30.3 Å². The Bertz CT molecular complexity index is 1490. The first-order valence-electron chi connectivity index (χ1n) is 10.8. The first-order valence-corrected chi connectivity index (χ1v) is 12.6. The van der Waals surface area contributed by atoms with E-state index < -0.39 is 21.6 Å². The zero-order chi connectivity index (χ0) is 24.3. The molecule has 6 nitrogen and oxygen atoms in total. The number of aryl methyl sites for hydroxylation is 1. The molecular formula is C26H22ClNO5S. The van der Waals surface area contributed by atoms with E-state index in [0.29, 0.717) is 20.3 Å². The molecule has 1 amide bonds. The quantitative estimate of drug-likeness (QED) is 0.301. The van der Waals surface area contributed by atoms with Crippen molar-refractivity contribution in [3.8, 4) is 0 Å². The first-order chi connectivity index (χ1) is 16.3. The SMILES string of the molecule is CCCCc1ccc(N(C(=O)c2cc3ccccc3oc2=O)S(=O)(=O)c2ccc(Cl)cc2)cc1. The number of para-hydroxylation sites is 1. The number of nitrogens with zero attached hydrogens (tertiary/aromatic N) is 1. The molecule has 0 spiro atoms. The van der Waals surface area contributed by atoms with E-state index in [0.717, 1.165) is 24.8 Å². The van der Waals surface area contributed by atoms with E-state index >= 15 is 0 Å². The van der Waals surface area contributed by atoms with Crippen LogP contribution in [0.25, 0.3) is 11.0 Å². The number of carbonyl (C=O) groups excluding carboxylic acids is 1. The third-order valence-corrected chi connectivity index (χ3v) is 7.38. The fourth-order valence-electron chi connectivity index (χ4n) is 3.58. The molecular weight excluding hydrogens is 474 g/mol. The summed E-state index contributed by atoms with van der Waals surface area (Å²) in [5.41, 5.74) is 0.141. The van der Waals surface area contributed by atoms with E-state index in [1.54, 1.807) is 48.5 Å². The number of unbranched alkanes of at least 4 members (excludes halogenated alkanes) is 1. The van der Waals surface area contributed by atoms with Crippen LogP contribution in [0.5, 0.6) is 0 Å². The highest BCUT2D eigenvalue weighted by Crippen LogP contribution is 2.28. The third-order valence-electron chi connectivity index (χ3n) is 5.40. The van der Waals surface area contributed by atoms with Crippen molar-refractivity contribution in [2.24, 2.45) is 0 Å². The number of hydrogen-bond donors (Lipinski definition) is 0. The van der Waals surface area contributed by atoms with Gasteiger partial charge in [-0.2, -0.15) is 4.31 Å². The van der Waals surface area contributed by atoms with Crippen molar-refractivity contribution in [3.63, 3.8) is 0 Å². The van der Waals surface area contributed by atoms with Crippen LogP contribution in [0.4, 0.5) is 5.69 Å². The number of anilines is 1. The minimum absolute atomic E-state index is 0.118. The molecule has 0 saturated heterocycles. The molecule has 0 aliphatic rings. The van der Waals surface area contributed by atoms with Gasteiger partial charge >= 0.3 is 5.63 Å². The molecule has 1 heterocycles. The van der Waals surface area contributed by atoms with Crippen molar-refractivity contribution >= 4 is 44.2 Å². The van der Waals surface area contributed by atoms with Gasteiger partial charge in [0.2, 0.25) is 0 Å². The Labute approximate surface area is 202 Å². The number of halogens is 1. The number of amides is 1. The monoisotopic (exact) mass is 495 g/mol. The molecule has 0 atom stereocenters. The van der Waals surface area contributed by atoms with Gasteiger partial charge in [-0.3, -0.25) is 4.79 Å². The Balaban J connectivity index is 1.85. The summed E-state index contributed by atoms with van der Waals surface area (Å²) in [6, 6.07) is 20.2. The van der Waals surface area contributed by atoms with Gasteiger partial charge in [-0.05, 0) is 66.9 Å². The maximum Gasteiger partial charge on any atom is 0.349 e. The van der Waals surface area contributed by atoms with Gasteiger partial charge in [0.1, 0.15) is 11.1 Å². The zero-order valence-corrected chi connectivity index (χ0v) is 20.0. The van der Waals surface area contributed by atoms with Gasteiger partial charge in [0.05, 0.1) is 10.6 Å². The first kappa shape index (κ1) is 23.7. The van der Waals surface area contributed by atoms with Crippen LogP contribution in [0.15, 0.2) is 93.0 Å². The molecule has 3 aromatic carbocycles. The number of carbonyl (C=O) groups is 1. The molecule has 34 heavy (non-hydrogen) atoms. The highest BCUT2D eigenvalue weighted by molar-refractivity contribution is 7.93. The summed E-state index contributed by atoms with van der Waals surface area (Å²) in [6.07, 6.45) is 2.85. The molecule has 0 fully saturated rings. The lowest BCUT2D eigenvalue weighted by atomic mass is 10.1. The van der Waals surface area contributed by atoms with Crippen molar-refractivity contribution < 1.29 is 17.6 Å². The minimum atomic E-state index is -4.37. The van der Waals surface area contributed by atoms with Gasteiger partial charge in [-0.15, -0.1) is 0 Å². The fourth-order valence-corrected chi connectivity index (χ4v) is 5.11. The van der Waals surface area contributed by atoms with Gasteiger partial charge in [-0.1, -0.05) is 55.3 Å². The smallest absolute Gasteiger partial charge is 0.349 e. The van der Waals surface area contributed by atoms with Crippen molar-refractivity contribution in [1.29, 1.82) is 0 Å². The minimum Gasteiger partial charge on any atom is -0.422 e. The number of rotatable bonds is 7. The Morgan fingerprint density at radius 1 is 0.971 bits per heavy atom. The lowest BCUT2D eigenvalue weighted by Crippen LogP contribution is -2.39. The highest BCUT2D eigenvalue weighted by atomic mass is 35.5. The van der Waals surface area contributed by atoms with Crippen LogP contribution >= 0.6 is 11.6 Å². The maximum absolute atomic E-state index is 13.6.